The Hall–Kier alpha value is -2.27. The van der Waals surface area contributed by atoms with Crippen LogP contribution in [0.25, 0.3) is 0 Å². The smallest absolute Gasteiger partial charge is 0.159 e. The molecule has 2 N–H and O–H groups in total. The van der Waals surface area contributed by atoms with Crippen LogP contribution < -0.4 is 15.5 Å². The Balaban J connectivity index is 1.95. The lowest BCUT2D eigenvalue weighted by Crippen LogP contribution is -2.49. The Morgan fingerprint density at radius 3 is 2.61 bits per heavy atom. The van der Waals surface area contributed by atoms with Crippen molar-refractivity contribution in [3.8, 4) is 0 Å². The molecular formula is C18H25N5. The van der Waals surface area contributed by atoms with Crippen LogP contribution in [-0.4, -0.2) is 36.3 Å². The van der Waals surface area contributed by atoms with Gasteiger partial charge in [0.2, 0.25) is 0 Å². The van der Waals surface area contributed by atoms with Gasteiger partial charge in [-0.15, -0.1) is 0 Å². The zero-order chi connectivity index (χ0) is 16.2. The summed E-state index contributed by atoms with van der Waals surface area (Å²) in [6.45, 7) is 7.23. The first-order valence-electron chi connectivity index (χ1n) is 8.25. The maximum atomic E-state index is 4.58. The predicted octanol–water partition coefficient (Wildman–Crippen LogP) is 3.18. The Labute approximate surface area is 138 Å². The van der Waals surface area contributed by atoms with Crippen LogP contribution in [0.15, 0.2) is 42.6 Å². The minimum atomic E-state index is 0.139. The Kier molecular flexibility index (Phi) is 4.67. The lowest BCUT2D eigenvalue weighted by Gasteiger charge is -2.34. The number of hydrogen-bond donors (Lipinski definition) is 2. The Bertz CT molecular complexity index is 639. The summed E-state index contributed by atoms with van der Waals surface area (Å²) in [5.74, 6) is 0.955. The number of fused-ring (bicyclic) bond motifs is 1. The van der Waals surface area contributed by atoms with Gasteiger partial charge in [0.1, 0.15) is 0 Å². The van der Waals surface area contributed by atoms with E-state index in [9.17, 15) is 0 Å². The zero-order valence-electron chi connectivity index (χ0n) is 14.1. The highest BCUT2D eigenvalue weighted by Gasteiger charge is 2.33. The average Bonchev–Trinajstić information content (AvgIpc) is 2.95. The van der Waals surface area contributed by atoms with E-state index in [2.05, 4.69) is 75.7 Å². The SMILES string of the molecule is CCN(CC)C1Nc2ncc(NC)cc2N1Cc1ccccc1. The van der Waals surface area contributed by atoms with Crippen LogP contribution >= 0.6 is 0 Å². The summed E-state index contributed by atoms with van der Waals surface area (Å²) in [7, 11) is 1.93. The first-order valence-corrected chi connectivity index (χ1v) is 8.25. The average molecular weight is 311 g/mol. The van der Waals surface area contributed by atoms with Gasteiger partial charge in [0.25, 0.3) is 0 Å². The van der Waals surface area contributed by atoms with Gasteiger partial charge in [0.15, 0.2) is 12.1 Å². The number of pyridine rings is 1. The van der Waals surface area contributed by atoms with Crippen LogP contribution in [0.2, 0.25) is 0 Å². The Morgan fingerprint density at radius 2 is 1.96 bits per heavy atom. The second-order valence-electron chi connectivity index (χ2n) is 5.69. The third kappa shape index (κ3) is 3.10. The number of aromatic nitrogens is 1. The predicted molar refractivity (Wildman–Crippen MR) is 96.7 cm³/mol. The molecule has 2 heterocycles. The number of benzene rings is 1. The van der Waals surface area contributed by atoms with E-state index in [1.807, 2.05) is 13.2 Å². The summed E-state index contributed by atoms with van der Waals surface area (Å²) in [4.78, 5) is 9.38. The van der Waals surface area contributed by atoms with Crippen LogP contribution in [0.5, 0.6) is 0 Å². The summed E-state index contributed by atoms with van der Waals surface area (Å²) < 4.78 is 0. The molecule has 1 aliphatic heterocycles. The number of hydrogen-bond acceptors (Lipinski definition) is 5. The highest BCUT2D eigenvalue weighted by atomic mass is 15.5. The molecule has 122 valence electrons. The minimum absolute atomic E-state index is 0.139. The summed E-state index contributed by atoms with van der Waals surface area (Å²) in [6.07, 6.45) is 2.01. The van der Waals surface area contributed by atoms with Crippen LogP contribution in [0, 0.1) is 0 Å². The van der Waals surface area contributed by atoms with E-state index in [0.29, 0.717) is 0 Å². The number of rotatable bonds is 6. The molecule has 1 atom stereocenters. The number of nitrogens with one attached hydrogen (secondary N) is 2. The molecular weight excluding hydrogens is 286 g/mol. The first-order chi connectivity index (χ1) is 11.3. The lowest BCUT2D eigenvalue weighted by atomic mass is 10.2. The monoisotopic (exact) mass is 311 g/mol. The molecule has 1 aromatic carbocycles. The fourth-order valence-corrected chi connectivity index (χ4v) is 3.06. The highest BCUT2D eigenvalue weighted by molar-refractivity contribution is 5.75. The molecule has 5 nitrogen and oxygen atoms in total. The zero-order valence-corrected chi connectivity index (χ0v) is 14.1. The van der Waals surface area contributed by atoms with Crippen molar-refractivity contribution in [2.24, 2.45) is 0 Å². The fraction of sp³-hybridized carbons (Fsp3) is 0.389. The van der Waals surface area contributed by atoms with Gasteiger partial charge in [0.05, 0.1) is 17.6 Å². The third-order valence-electron chi connectivity index (χ3n) is 4.38. The van der Waals surface area contributed by atoms with Crippen molar-refractivity contribution in [1.29, 1.82) is 0 Å². The maximum absolute atomic E-state index is 4.58. The molecule has 3 rings (SSSR count). The molecule has 0 fully saturated rings. The Morgan fingerprint density at radius 1 is 1.22 bits per heavy atom. The molecule has 0 aliphatic carbocycles. The van der Waals surface area contributed by atoms with E-state index in [-0.39, 0.29) is 6.29 Å². The largest absolute Gasteiger partial charge is 0.387 e. The molecule has 5 heteroatoms. The van der Waals surface area contributed by atoms with Gasteiger partial charge in [-0.1, -0.05) is 44.2 Å². The number of nitrogens with zero attached hydrogens (tertiary/aromatic N) is 3. The lowest BCUT2D eigenvalue weighted by molar-refractivity contribution is 0.235. The van der Waals surface area contributed by atoms with Crippen LogP contribution in [0.3, 0.4) is 0 Å². The van der Waals surface area contributed by atoms with Gasteiger partial charge < -0.3 is 15.5 Å². The van der Waals surface area contributed by atoms with Crippen LogP contribution in [-0.2, 0) is 6.54 Å². The van der Waals surface area contributed by atoms with Crippen LogP contribution in [0.1, 0.15) is 19.4 Å². The van der Waals surface area contributed by atoms with Crippen LogP contribution in [0.4, 0.5) is 17.2 Å². The maximum Gasteiger partial charge on any atom is 0.159 e. The van der Waals surface area contributed by atoms with Crippen molar-refractivity contribution >= 4 is 17.2 Å². The quantitative estimate of drug-likeness (QED) is 0.858. The van der Waals surface area contributed by atoms with E-state index in [0.717, 1.165) is 36.8 Å². The molecule has 0 radical (unpaired) electrons. The van der Waals surface area contributed by atoms with Gasteiger partial charge in [0, 0.05) is 13.6 Å². The van der Waals surface area contributed by atoms with Gasteiger partial charge >= 0.3 is 0 Å². The summed E-state index contributed by atoms with van der Waals surface area (Å²) in [5, 5.41) is 6.75. The highest BCUT2D eigenvalue weighted by Crippen LogP contribution is 2.36. The molecule has 2 aromatic rings. The molecule has 0 spiro atoms. The first kappa shape index (κ1) is 15.6. The van der Waals surface area contributed by atoms with E-state index in [4.69, 9.17) is 0 Å². The molecule has 1 aromatic heterocycles. The molecule has 0 amide bonds. The third-order valence-corrected chi connectivity index (χ3v) is 4.38. The molecule has 23 heavy (non-hydrogen) atoms. The normalized spacial score (nSPS) is 16.3. The van der Waals surface area contributed by atoms with E-state index in [1.165, 1.54) is 5.56 Å². The van der Waals surface area contributed by atoms with Crippen molar-refractivity contribution in [3.63, 3.8) is 0 Å². The van der Waals surface area contributed by atoms with Gasteiger partial charge in [-0.3, -0.25) is 4.90 Å². The van der Waals surface area contributed by atoms with E-state index < -0.39 is 0 Å². The van der Waals surface area contributed by atoms with Gasteiger partial charge in [-0.25, -0.2) is 4.98 Å². The van der Waals surface area contributed by atoms with Crippen molar-refractivity contribution in [2.45, 2.75) is 26.7 Å². The standard InChI is InChI=1S/C18H25N5/c1-4-22(5-2)18-21-17-16(11-15(19-3)12-20-17)23(18)13-14-9-7-6-8-10-14/h6-12,18-19H,4-5,13H2,1-3H3,(H,20,21). The molecule has 0 bridgehead atoms. The fourth-order valence-electron chi connectivity index (χ4n) is 3.06. The minimum Gasteiger partial charge on any atom is -0.387 e. The molecule has 0 saturated heterocycles. The van der Waals surface area contributed by atoms with Crippen molar-refractivity contribution in [2.75, 3.05) is 35.7 Å². The summed E-state index contributed by atoms with van der Waals surface area (Å²) >= 11 is 0. The van der Waals surface area contributed by atoms with E-state index in [1.54, 1.807) is 0 Å². The molecule has 0 saturated carbocycles. The van der Waals surface area contributed by atoms with Gasteiger partial charge in [-0.2, -0.15) is 0 Å². The molecule has 1 unspecified atom stereocenters. The van der Waals surface area contributed by atoms with Crippen molar-refractivity contribution in [1.82, 2.24) is 9.88 Å². The van der Waals surface area contributed by atoms with Crippen molar-refractivity contribution in [3.05, 3.63) is 48.2 Å². The van der Waals surface area contributed by atoms with E-state index >= 15 is 0 Å². The topological polar surface area (TPSA) is 43.4 Å². The second-order valence-corrected chi connectivity index (χ2v) is 5.69. The summed E-state index contributed by atoms with van der Waals surface area (Å²) in [6, 6.07) is 12.8. The summed E-state index contributed by atoms with van der Waals surface area (Å²) in [5.41, 5.74) is 3.48. The molecule has 1 aliphatic rings. The van der Waals surface area contributed by atoms with Crippen molar-refractivity contribution < 1.29 is 0 Å². The van der Waals surface area contributed by atoms with Gasteiger partial charge in [-0.05, 0) is 24.7 Å². The number of anilines is 3. The second kappa shape index (κ2) is 6.87.